The van der Waals surface area contributed by atoms with Crippen LogP contribution in [0, 0.1) is 6.92 Å². The van der Waals surface area contributed by atoms with E-state index in [0.717, 1.165) is 18.8 Å². The minimum Gasteiger partial charge on any atom is -0.497 e. The molecule has 122 valence electrons. The summed E-state index contributed by atoms with van der Waals surface area (Å²) >= 11 is 0. The summed E-state index contributed by atoms with van der Waals surface area (Å²) in [4.78, 5) is 2.36. The zero-order valence-electron chi connectivity index (χ0n) is 14.9. The van der Waals surface area contributed by atoms with Crippen molar-refractivity contribution >= 4 is 11.3 Å². The third-order valence-corrected chi connectivity index (χ3v) is 4.32. The molecule has 0 heterocycles. The monoisotopic (exact) mass is 309 g/mol. The third-order valence-electron chi connectivity index (χ3n) is 4.32. The van der Waals surface area contributed by atoms with Crippen LogP contribution < -0.4 is 9.64 Å². The van der Waals surface area contributed by atoms with Crippen molar-refractivity contribution in [2.45, 2.75) is 27.7 Å². The summed E-state index contributed by atoms with van der Waals surface area (Å²) in [7, 11) is 1.71. The summed E-state index contributed by atoms with van der Waals surface area (Å²) < 4.78 is 5.31. The van der Waals surface area contributed by atoms with Crippen molar-refractivity contribution in [1.82, 2.24) is 0 Å². The number of aryl methyl sites for hydroxylation is 1. The van der Waals surface area contributed by atoms with Crippen molar-refractivity contribution in [3.05, 3.63) is 65.2 Å². The van der Waals surface area contributed by atoms with E-state index >= 15 is 0 Å². The molecule has 0 aliphatic heterocycles. The zero-order valence-corrected chi connectivity index (χ0v) is 14.9. The number of rotatable bonds is 6. The van der Waals surface area contributed by atoms with E-state index in [0.29, 0.717) is 0 Å². The highest BCUT2D eigenvalue weighted by Gasteiger charge is 2.09. The van der Waals surface area contributed by atoms with E-state index in [2.05, 4.69) is 75.1 Å². The number of anilines is 1. The Labute approximate surface area is 140 Å². The Morgan fingerprint density at radius 1 is 1.04 bits per heavy atom. The van der Waals surface area contributed by atoms with Gasteiger partial charge in [-0.3, -0.25) is 0 Å². The summed E-state index contributed by atoms with van der Waals surface area (Å²) in [6, 6.07) is 15.1. The summed E-state index contributed by atoms with van der Waals surface area (Å²) in [5.74, 6) is 0.901. The van der Waals surface area contributed by atoms with Gasteiger partial charge < -0.3 is 9.64 Å². The fourth-order valence-corrected chi connectivity index (χ4v) is 2.98. The molecule has 0 fully saturated rings. The standard InChI is InChI=1S/C21H27NO/c1-6-20(21-14-13-19(23-5)15-16(21)4)17-9-11-18(12-10-17)22(7-2)8-3/h6,9-15H,7-8H2,1-5H3. The lowest BCUT2D eigenvalue weighted by Gasteiger charge is -2.21. The lowest BCUT2D eigenvalue weighted by molar-refractivity contribution is 0.414. The number of hydrogen-bond acceptors (Lipinski definition) is 2. The van der Waals surface area contributed by atoms with Crippen LogP contribution >= 0.6 is 0 Å². The van der Waals surface area contributed by atoms with Gasteiger partial charge in [-0.2, -0.15) is 0 Å². The largest absolute Gasteiger partial charge is 0.497 e. The van der Waals surface area contributed by atoms with Gasteiger partial charge in [-0.1, -0.05) is 24.3 Å². The molecule has 0 saturated carbocycles. The highest BCUT2D eigenvalue weighted by Crippen LogP contribution is 2.29. The van der Waals surface area contributed by atoms with Gasteiger partial charge in [-0.25, -0.2) is 0 Å². The van der Waals surface area contributed by atoms with Crippen LogP contribution in [0.2, 0.25) is 0 Å². The van der Waals surface area contributed by atoms with Gasteiger partial charge >= 0.3 is 0 Å². The van der Waals surface area contributed by atoms with Crippen LogP contribution in [-0.2, 0) is 0 Å². The maximum Gasteiger partial charge on any atom is 0.119 e. The Bertz CT molecular complexity index is 667. The lowest BCUT2D eigenvalue weighted by atomic mass is 9.94. The van der Waals surface area contributed by atoms with E-state index in [9.17, 15) is 0 Å². The van der Waals surface area contributed by atoms with Crippen LogP contribution in [0.1, 0.15) is 37.5 Å². The molecule has 2 heteroatoms. The first kappa shape index (κ1) is 17.1. The van der Waals surface area contributed by atoms with Gasteiger partial charge in [-0.15, -0.1) is 0 Å². The summed E-state index contributed by atoms with van der Waals surface area (Å²) in [5, 5.41) is 0. The minimum atomic E-state index is 0.901. The average Bonchev–Trinajstić information content (AvgIpc) is 2.59. The van der Waals surface area contributed by atoms with Crippen LogP contribution in [0.15, 0.2) is 48.5 Å². The van der Waals surface area contributed by atoms with Crippen LogP contribution in [0.25, 0.3) is 5.57 Å². The van der Waals surface area contributed by atoms with Crippen molar-refractivity contribution in [2.24, 2.45) is 0 Å². The second kappa shape index (κ2) is 7.87. The molecule has 0 spiro atoms. The number of allylic oxidation sites excluding steroid dienone is 1. The average molecular weight is 309 g/mol. The first-order valence-corrected chi connectivity index (χ1v) is 8.31. The Morgan fingerprint density at radius 2 is 1.70 bits per heavy atom. The van der Waals surface area contributed by atoms with Crippen molar-refractivity contribution < 1.29 is 4.74 Å². The van der Waals surface area contributed by atoms with Gasteiger partial charge in [-0.05, 0) is 74.2 Å². The molecule has 23 heavy (non-hydrogen) atoms. The Balaban J connectivity index is 2.35. The van der Waals surface area contributed by atoms with Gasteiger partial charge in [0.25, 0.3) is 0 Å². The molecule has 2 aromatic rings. The van der Waals surface area contributed by atoms with E-state index in [1.54, 1.807) is 7.11 Å². The van der Waals surface area contributed by atoms with Crippen molar-refractivity contribution in [3.8, 4) is 5.75 Å². The molecular formula is C21H27NO. The molecule has 0 radical (unpaired) electrons. The van der Waals surface area contributed by atoms with Crippen LogP contribution in [0.5, 0.6) is 5.75 Å². The highest BCUT2D eigenvalue weighted by molar-refractivity contribution is 5.82. The number of benzene rings is 2. The molecule has 2 aromatic carbocycles. The number of ether oxygens (including phenoxy) is 1. The summed E-state index contributed by atoms with van der Waals surface area (Å²) in [5.41, 5.74) is 6.27. The normalized spacial score (nSPS) is 11.4. The fourth-order valence-electron chi connectivity index (χ4n) is 2.98. The maximum atomic E-state index is 5.31. The topological polar surface area (TPSA) is 12.5 Å². The minimum absolute atomic E-state index is 0.901. The quantitative estimate of drug-likeness (QED) is 0.718. The van der Waals surface area contributed by atoms with Crippen molar-refractivity contribution in [1.29, 1.82) is 0 Å². The zero-order chi connectivity index (χ0) is 16.8. The first-order valence-electron chi connectivity index (χ1n) is 8.31. The molecule has 2 rings (SSSR count). The predicted octanol–water partition coefficient (Wildman–Crippen LogP) is 5.30. The van der Waals surface area contributed by atoms with Crippen LogP contribution in [0.4, 0.5) is 5.69 Å². The van der Waals surface area contributed by atoms with Gasteiger partial charge in [0.1, 0.15) is 5.75 Å². The maximum absolute atomic E-state index is 5.31. The molecule has 2 nitrogen and oxygen atoms in total. The Morgan fingerprint density at radius 3 is 2.17 bits per heavy atom. The van der Waals surface area contributed by atoms with Crippen molar-refractivity contribution in [3.63, 3.8) is 0 Å². The third kappa shape index (κ3) is 3.76. The first-order chi connectivity index (χ1) is 11.1. The fraction of sp³-hybridized carbons (Fsp3) is 0.333. The number of hydrogen-bond donors (Lipinski definition) is 0. The van der Waals surface area contributed by atoms with E-state index in [1.165, 1.54) is 28.0 Å². The van der Waals surface area contributed by atoms with E-state index in [-0.39, 0.29) is 0 Å². The van der Waals surface area contributed by atoms with E-state index in [4.69, 9.17) is 4.74 Å². The second-order valence-corrected chi connectivity index (χ2v) is 5.60. The molecule has 0 unspecified atom stereocenters. The van der Waals surface area contributed by atoms with Gasteiger partial charge in [0, 0.05) is 18.8 Å². The molecule has 0 bridgehead atoms. The van der Waals surface area contributed by atoms with E-state index < -0.39 is 0 Å². The SMILES string of the molecule is CC=C(c1ccc(N(CC)CC)cc1)c1ccc(OC)cc1C. The molecule has 0 amide bonds. The van der Waals surface area contributed by atoms with Gasteiger partial charge in [0.15, 0.2) is 0 Å². The molecule has 0 aliphatic rings. The summed E-state index contributed by atoms with van der Waals surface area (Å²) in [6.45, 7) is 10.7. The number of nitrogens with zero attached hydrogens (tertiary/aromatic N) is 1. The molecular weight excluding hydrogens is 282 g/mol. The molecule has 0 atom stereocenters. The van der Waals surface area contributed by atoms with Gasteiger partial charge in [0.2, 0.25) is 0 Å². The Kier molecular flexibility index (Phi) is 5.86. The van der Waals surface area contributed by atoms with E-state index in [1.807, 2.05) is 6.07 Å². The van der Waals surface area contributed by atoms with Crippen LogP contribution in [0.3, 0.4) is 0 Å². The molecule has 0 N–H and O–H groups in total. The lowest BCUT2D eigenvalue weighted by Crippen LogP contribution is -2.21. The predicted molar refractivity (Wildman–Crippen MR) is 100 cm³/mol. The number of methoxy groups -OCH3 is 1. The Hall–Kier alpha value is -2.22. The highest BCUT2D eigenvalue weighted by atomic mass is 16.5. The molecule has 0 saturated heterocycles. The van der Waals surface area contributed by atoms with Crippen molar-refractivity contribution in [2.75, 3.05) is 25.1 Å². The summed E-state index contributed by atoms with van der Waals surface area (Å²) in [6.07, 6.45) is 2.18. The molecule has 0 aliphatic carbocycles. The molecule has 0 aromatic heterocycles. The van der Waals surface area contributed by atoms with Crippen LogP contribution in [-0.4, -0.2) is 20.2 Å². The smallest absolute Gasteiger partial charge is 0.119 e. The van der Waals surface area contributed by atoms with Gasteiger partial charge in [0.05, 0.1) is 7.11 Å². The second-order valence-electron chi connectivity index (χ2n) is 5.60.